The van der Waals surface area contributed by atoms with Gasteiger partial charge in [0.05, 0.1) is 0 Å². The van der Waals surface area contributed by atoms with E-state index in [9.17, 15) is 4.79 Å². The number of nitrogens with zero attached hydrogens (tertiary/aromatic N) is 1. The average Bonchev–Trinajstić information content (AvgIpc) is 1.82. The van der Waals surface area contributed by atoms with Gasteiger partial charge in [0.2, 0.25) is 0 Å². The Kier molecular flexibility index (Phi) is 2.49. The minimum Gasteiger partial charge on any atom is -0.480 e. The summed E-state index contributed by atoms with van der Waals surface area (Å²) < 4.78 is 0. The largest absolute Gasteiger partial charge is 0.480 e. The summed E-state index contributed by atoms with van der Waals surface area (Å²) in [6.07, 6.45) is 3.57. The molecule has 1 rings (SSSR count). The van der Waals surface area contributed by atoms with Crippen molar-refractivity contribution in [3.63, 3.8) is 0 Å². The molecule has 1 saturated carbocycles. The molecule has 1 aliphatic rings. The van der Waals surface area contributed by atoms with Gasteiger partial charge < -0.3 is 5.11 Å². The van der Waals surface area contributed by atoms with Crippen LogP contribution in [-0.4, -0.2) is 35.1 Å². The van der Waals surface area contributed by atoms with E-state index in [1.807, 2.05) is 11.9 Å². The maximum atomic E-state index is 10.5. The predicted octanol–water partition coefficient (Wildman–Crippen LogP) is 0.944. The van der Waals surface area contributed by atoms with Crippen molar-refractivity contribution in [2.45, 2.75) is 38.3 Å². The number of rotatable bonds is 3. The smallest absolute Gasteiger partial charge is 0.320 e. The molecule has 0 amide bonds. The van der Waals surface area contributed by atoms with Gasteiger partial charge in [0.25, 0.3) is 0 Å². The lowest BCUT2D eigenvalue weighted by molar-refractivity contribution is -0.143. The van der Waals surface area contributed by atoms with Crippen molar-refractivity contribution in [1.29, 1.82) is 0 Å². The van der Waals surface area contributed by atoms with Gasteiger partial charge in [0.1, 0.15) is 6.04 Å². The Bertz CT molecular complexity index is 154. The Morgan fingerprint density at radius 3 is 2.45 bits per heavy atom. The lowest BCUT2D eigenvalue weighted by Crippen LogP contribution is -2.46. The second-order valence-electron chi connectivity index (χ2n) is 3.26. The van der Waals surface area contributed by atoms with Crippen molar-refractivity contribution in [1.82, 2.24) is 4.90 Å². The van der Waals surface area contributed by atoms with Gasteiger partial charge in [-0.15, -0.1) is 0 Å². The normalized spacial score (nSPS) is 21.4. The Morgan fingerprint density at radius 2 is 2.18 bits per heavy atom. The average molecular weight is 157 g/mol. The SMILES string of the molecule is CC(C(=O)O)N(C)C1CCC1. The minimum absolute atomic E-state index is 0.333. The van der Waals surface area contributed by atoms with Crippen molar-refractivity contribution >= 4 is 5.97 Å². The molecule has 0 aromatic carbocycles. The molecular weight excluding hydrogens is 142 g/mol. The van der Waals surface area contributed by atoms with E-state index >= 15 is 0 Å². The van der Waals surface area contributed by atoms with E-state index in [-0.39, 0.29) is 6.04 Å². The summed E-state index contributed by atoms with van der Waals surface area (Å²) in [6.45, 7) is 1.74. The summed E-state index contributed by atoms with van der Waals surface area (Å²) in [5.41, 5.74) is 0. The van der Waals surface area contributed by atoms with E-state index in [0.717, 1.165) is 12.8 Å². The van der Waals surface area contributed by atoms with E-state index in [1.54, 1.807) is 6.92 Å². The number of carboxylic acid groups (broad SMARTS) is 1. The van der Waals surface area contributed by atoms with Gasteiger partial charge in [0.15, 0.2) is 0 Å². The zero-order valence-corrected chi connectivity index (χ0v) is 7.08. The minimum atomic E-state index is -0.723. The third-order valence-corrected chi connectivity index (χ3v) is 2.62. The highest BCUT2D eigenvalue weighted by Crippen LogP contribution is 2.24. The zero-order valence-electron chi connectivity index (χ0n) is 7.08. The van der Waals surface area contributed by atoms with E-state index in [2.05, 4.69) is 0 Å². The van der Waals surface area contributed by atoms with Crippen LogP contribution >= 0.6 is 0 Å². The van der Waals surface area contributed by atoms with E-state index in [0.29, 0.717) is 6.04 Å². The molecule has 1 N–H and O–H groups in total. The van der Waals surface area contributed by atoms with Crippen LogP contribution in [0, 0.1) is 0 Å². The summed E-state index contributed by atoms with van der Waals surface area (Å²) in [4.78, 5) is 12.5. The Balaban J connectivity index is 2.38. The van der Waals surface area contributed by atoms with Gasteiger partial charge in [-0.05, 0) is 26.8 Å². The van der Waals surface area contributed by atoms with Gasteiger partial charge in [0, 0.05) is 6.04 Å². The highest BCUT2D eigenvalue weighted by Gasteiger charge is 2.28. The van der Waals surface area contributed by atoms with E-state index < -0.39 is 5.97 Å². The van der Waals surface area contributed by atoms with Crippen LogP contribution in [-0.2, 0) is 4.79 Å². The number of carbonyl (C=O) groups is 1. The standard InChI is InChI=1S/C8H15NO2/c1-6(8(10)11)9(2)7-4-3-5-7/h6-7H,3-5H2,1-2H3,(H,10,11). The molecule has 64 valence electrons. The summed E-state index contributed by atoms with van der Waals surface area (Å²) in [5, 5.41) is 8.68. The van der Waals surface area contributed by atoms with Crippen LogP contribution < -0.4 is 0 Å². The van der Waals surface area contributed by atoms with Crippen LogP contribution in [0.15, 0.2) is 0 Å². The van der Waals surface area contributed by atoms with Gasteiger partial charge in [-0.25, -0.2) is 0 Å². The van der Waals surface area contributed by atoms with Crippen molar-refractivity contribution < 1.29 is 9.90 Å². The number of carboxylic acids is 1. The molecule has 11 heavy (non-hydrogen) atoms. The molecule has 1 fully saturated rings. The number of aliphatic carboxylic acids is 1. The summed E-state index contributed by atoms with van der Waals surface area (Å²) in [6, 6.07) is 0.182. The Morgan fingerprint density at radius 1 is 1.64 bits per heavy atom. The first kappa shape index (κ1) is 8.53. The summed E-state index contributed by atoms with van der Waals surface area (Å²) in [5.74, 6) is -0.723. The Labute approximate surface area is 67.0 Å². The molecule has 3 heteroatoms. The second-order valence-corrected chi connectivity index (χ2v) is 3.26. The molecule has 0 bridgehead atoms. The quantitative estimate of drug-likeness (QED) is 0.663. The van der Waals surface area contributed by atoms with Crippen molar-refractivity contribution in [2.75, 3.05) is 7.05 Å². The van der Waals surface area contributed by atoms with Crippen LogP contribution in [0.25, 0.3) is 0 Å². The molecule has 0 saturated heterocycles. The van der Waals surface area contributed by atoms with E-state index in [1.165, 1.54) is 6.42 Å². The fourth-order valence-corrected chi connectivity index (χ4v) is 1.28. The zero-order chi connectivity index (χ0) is 8.43. The molecule has 0 aliphatic heterocycles. The topological polar surface area (TPSA) is 40.5 Å². The third kappa shape index (κ3) is 1.71. The molecule has 0 aromatic heterocycles. The number of likely N-dealkylation sites (N-methyl/N-ethyl adjacent to an activating group) is 1. The fraction of sp³-hybridized carbons (Fsp3) is 0.875. The van der Waals surface area contributed by atoms with Crippen LogP contribution in [0.4, 0.5) is 0 Å². The highest BCUT2D eigenvalue weighted by molar-refractivity contribution is 5.72. The van der Waals surface area contributed by atoms with Crippen molar-refractivity contribution in [3.05, 3.63) is 0 Å². The maximum Gasteiger partial charge on any atom is 0.320 e. The fourth-order valence-electron chi connectivity index (χ4n) is 1.28. The molecule has 1 atom stereocenters. The van der Waals surface area contributed by atoms with Crippen LogP contribution in [0.3, 0.4) is 0 Å². The summed E-state index contributed by atoms with van der Waals surface area (Å²) in [7, 11) is 1.89. The second kappa shape index (κ2) is 3.22. The number of hydrogen-bond donors (Lipinski definition) is 1. The summed E-state index contributed by atoms with van der Waals surface area (Å²) >= 11 is 0. The molecule has 0 heterocycles. The first-order chi connectivity index (χ1) is 5.13. The maximum absolute atomic E-state index is 10.5. The van der Waals surface area contributed by atoms with Crippen LogP contribution in [0.5, 0.6) is 0 Å². The van der Waals surface area contributed by atoms with Gasteiger partial charge >= 0.3 is 5.97 Å². The van der Waals surface area contributed by atoms with Crippen LogP contribution in [0.2, 0.25) is 0 Å². The highest BCUT2D eigenvalue weighted by atomic mass is 16.4. The van der Waals surface area contributed by atoms with Crippen molar-refractivity contribution in [2.24, 2.45) is 0 Å². The molecule has 3 nitrogen and oxygen atoms in total. The predicted molar refractivity (Wildman–Crippen MR) is 42.5 cm³/mol. The first-order valence-corrected chi connectivity index (χ1v) is 4.07. The third-order valence-electron chi connectivity index (χ3n) is 2.62. The molecular formula is C8H15NO2. The van der Waals surface area contributed by atoms with E-state index in [4.69, 9.17) is 5.11 Å². The van der Waals surface area contributed by atoms with Gasteiger partial charge in [-0.2, -0.15) is 0 Å². The van der Waals surface area contributed by atoms with Gasteiger partial charge in [-0.1, -0.05) is 6.42 Å². The van der Waals surface area contributed by atoms with Crippen LogP contribution in [0.1, 0.15) is 26.2 Å². The first-order valence-electron chi connectivity index (χ1n) is 4.07. The van der Waals surface area contributed by atoms with Crippen molar-refractivity contribution in [3.8, 4) is 0 Å². The number of hydrogen-bond acceptors (Lipinski definition) is 2. The van der Waals surface area contributed by atoms with Gasteiger partial charge in [-0.3, -0.25) is 9.69 Å². The Hall–Kier alpha value is -0.570. The molecule has 0 spiro atoms. The molecule has 0 radical (unpaired) electrons. The molecule has 1 aliphatic carbocycles. The monoisotopic (exact) mass is 157 g/mol. The lowest BCUT2D eigenvalue weighted by Gasteiger charge is -2.36. The molecule has 1 unspecified atom stereocenters. The lowest BCUT2D eigenvalue weighted by atomic mass is 9.91. The molecule has 0 aromatic rings.